The molecule has 0 aliphatic rings. The first kappa shape index (κ1) is 16.7. The van der Waals surface area contributed by atoms with Crippen LogP contribution in [-0.2, 0) is 4.79 Å². The molecule has 0 radical (unpaired) electrons. The van der Waals surface area contributed by atoms with E-state index in [2.05, 4.69) is 10.4 Å². The van der Waals surface area contributed by atoms with E-state index in [9.17, 15) is 9.59 Å². The van der Waals surface area contributed by atoms with E-state index in [1.807, 2.05) is 38.1 Å². The van der Waals surface area contributed by atoms with Gasteiger partial charge in [-0.2, -0.15) is 5.10 Å². The van der Waals surface area contributed by atoms with Gasteiger partial charge in [0, 0.05) is 12.5 Å². The van der Waals surface area contributed by atoms with E-state index in [1.54, 1.807) is 11.6 Å². The molecule has 0 aliphatic heterocycles. The molecule has 0 saturated carbocycles. The lowest BCUT2D eigenvalue weighted by Crippen LogP contribution is -2.33. The summed E-state index contributed by atoms with van der Waals surface area (Å²) in [4.78, 5) is 22.9. The van der Waals surface area contributed by atoms with Crippen LogP contribution in [0.25, 0.3) is 5.69 Å². The van der Waals surface area contributed by atoms with Gasteiger partial charge in [0.15, 0.2) is 0 Å². The van der Waals surface area contributed by atoms with E-state index in [0.717, 1.165) is 16.9 Å². The van der Waals surface area contributed by atoms with Crippen LogP contribution < -0.4 is 5.32 Å². The van der Waals surface area contributed by atoms with Crippen molar-refractivity contribution in [1.82, 2.24) is 15.1 Å². The number of nitrogens with one attached hydrogen (secondary N) is 1. The zero-order chi connectivity index (χ0) is 17.0. The first-order valence-corrected chi connectivity index (χ1v) is 7.53. The fourth-order valence-corrected chi connectivity index (χ4v) is 2.37. The number of carboxylic acids is 1. The molecule has 1 atom stereocenters. The van der Waals surface area contributed by atoms with Crippen molar-refractivity contribution in [3.8, 4) is 5.69 Å². The van der Waals surface area contributed by atoms with E-state index < -0.39 is 5.97 Å². The fourth-order valence-electron chi connectivity index (χ4n) is 2.37. The molecule has 1 aromatic carbocycles. The maximum Gasteiger partial charge on any atom is 0.303 e. The number of benzene rings is 1. The number of rotatable bonds is 6. The Hall–Kier alpha value is -2.63. The second kappa shape index (κ2) is 7.09. The lowest BCUT2D eigenvalue weighted by Gasteiger charge is -2.12. The number of aryl methyl sites for hydroxylation is 1. The van der Waals surface area contributed by atoms with Gasteiger partial charge in [0.2, 0.25) is 0 Å². The van der Waals surface area contributed by atoms with Gasteiger partial charge in [0.25, 0.3) is 5.91 Å². The predicted molar refractivity (Wildman–Crippen MR) is 86.8 cm³/mol. The van der Waals surface area contributed by atoms with Crippen LogP contribution in [0.3, 0.4) is 0 Å². The Balaban J connectivity index is 2.12. The van der Waals surface area contributed by atoms with Crippen molar-refractivity contribution in [2.75, 3.05) is 0 Å². The molecule has 0 saturated heterocycles. The summed E-state index contributed by atoms with van der Waals surface area (Å²) >= 11 is 0. The van der Waals surface area contributed by atoms with Gasteiger partial charge in [-0.25, -0.2) is 4.68 Å². The smallest absolute Gasteiger partial charge is 0.303 e. The minimum atomic E-state index is -0.866. The average Bonchev–Trinajstić information content (AvgIpc) is 2.87. The molecule has 1 unspecified atom stereocenters. The number of aromatic nitrogens is 2. The van der Waals surface area contributed by atoms with Crippen molar-refractivity contribution in [2.45, 2.75) is 39.7 Å². The summed E-state index contributed by atoms with van der Waals surface area (Å²) in [5.74, 6) is -1.10. The molecule has 2 N–H and O–H groups in total. The van der Waals surface area contributed by atoms with Crippen molar-refractivity contribution < 1.29 is 14.7 Å². The topological polar surface area (TPSA) is 84.2 Å². The van der Waals surface area contributed by atoms with Crippen molar-refractivity contribution >= 4 is 11.9 Å². The molecule has 0 aliphatic carbocycles. The molecule has 2 aromatic rings. The third-order valence-electron chi connectivity index (χ3n) is 3.67. The largest absolute Gasteiger partial charge is 0.481 e. The lowest BCUT2D eigenvalue weighted by atomic mass is 10.1. The number of nitrogens with zero attached hydrogens (tertiary/aromatic N) is 2. The van der Waals surface area contributed by atoms with Gasteiger partial charge in [-0.05, 0) is 44.9 Å². The maximum absolute atomic E-state index is 12.3. The summed E-state index contributed by atoms with van der Waals surface area (Å²) in [6.45, 7) is 5.63. The molecule has 1 amide bonds. The Morgan fingerprint density at radius 1 is 1.35 bits per heavy atom. The summed E-state index contributed by atoms with van der Waals surface area (Å²) in [6, 6.07) is 7.67. The number of carbonyl (C=O) groups excluding carboxylic acids is 1. The average molecular weight is 315 g/mol. The second-order valence-corrected chi connectivity index (χ2v) is 5.70. The van der Waals surface area contributed by atoms with Crippen LogP contribution in [0.15, 0.2) is 30.5 Å². The number of hydrogen-bond donors (Lipinski definition) is 2. The van der Waals surface area contributed by atoms with Crippen LogP contribution in [0.4, 0.5) is 0 Å². The summed E-state index contributed by atoms with van der Waals surface area (Å²) in [5, 5.41) is 15.8. The minimum absolute atomic E-state index is 0.0307. The van der Waals surface area contributed by atoms with Crippen LogP contribution >= 0.6 is 0 Å². The molecule has 6 heteroatoms. The Morgan fingerprint density at radius 3 is 2.74 bits per heavy atom. The van der Waals surface area contributed by atoms with E-state index in [4.69, 9.17) is 5.11 Å². The summed E-state index contributed by atoms with van der Waals surface area (Å²) in [5.41, 5.74) is 3.26. The molecule has 0 spiro atoms. The second-order valence-electron chi connectivity index (χ2n) is 5.70. The van der Waals surface area contributed by atoms with Crippen LogP contribution in [0.1, 0.15) is 41.4 Å². The highest BCUT2D eigenvalue weighted by molar-refractivity contribution is 5.95. The first-order valence-electron chi connectivity index (χ1n) is 7.53. The molecule has 1 heterocycles. The summed E-state index contributed by atoms with van der Waals surface area (Å²) in [6.07, 6.45) is 1.96. The highest BCUT2D eigenvalue weighted by Gasteiger charge is 2.17. The summed E-state index contributed by atoms with van der Waals surface area (Å²) in [7, 11) is 0. The Bertz CT molecular complexity index is 722. The molecule has 122 valence electrons. The van der Waals surface area contributed by atoms with E-state index in [-0.39, 0.29) is 18.4 Å². The number of carbonyl (C=O) groups is 2. The number of carboxylic acid groups (broad SMARTS) is 1. The third-order valence-corrected chi connectivity index (χ3v) is 3.67. The fraction of sp³-hybridized carbons (Fsp3) is 0.353. The van der Waals surface area contributed by atoms with Crippen LogP contribution in [0.2, 0.25) is 0 Å². The maximum atomic E-state index is 12.3. The van der Waals surface area contributed by atoms with Gasteiger partial charge in [0.1, 0.15) is 0 Å². The van der Waals surface area contributed by atoms with Gasteiger partial charge in [0.05, 0.1) is 23.1 Å². The van der Waals surface area contributed by atoms with Crippen molar-refractivity contribution in [2.24, 2.45) is 0 Å². The van der Waals surface area contributed by atoms with Crippen molar-refractivity contribution in [3.05, 3.63) is 47.3 Å². The summed E-state index contributed by atoms with van der Waals surface area (Å²) < 4.78 is 1.73. The molecule has 0 bridgehead atoms. The van der Waals surface area contributed by atoms with Crippen molar-refractivity contribution in [1.29, 1.82) is 0 Å². The van der Waals surface area contributed by atoms with Gasteiger partial charge >= 0.3 is 5.97 Å². The third kappa shape index (κ3) is 4.18. The lowest BCUT2D eigenvalue weighted by molar-refractivity contribution is -0.137. The normalized spacial score (nSPS) is 12.0. The predicted octanol–water partition coefficient (Wildman–Crippen LogP) is 2.47. The van der Waals surface area contributed by atoms with Gasteiger partial charge in [-0.15, -0.1) is 0 Å². The molecular formula is C17H21N3O3. The van der Waals surface area contributed by atoms with Crippen LogP contribution in [0, 0.1) is 13.8 Å². The zero-order valence-electron chi connectivity index (χ0n) is 13.5. The monoisotopic (exact) mass is 315 g/mol. The number of hydrogen-bond acceptors (Lipinski definition) is 3. The zero-order valence-corrected chi connectivity index (χ0v) is 13.5. The standard InChI is InChI=1S/C17H21N3O3/c1-11-5-4-6-14(9-11)20-13(3)15(10-18-20)17(23)19-12(2)7-8-16(21)22/h4-6,9-10,12H,7-8H2,1-3H3,(H,19,23)(H,21,22). The highest BCUT2D eigenvalue weighted by Crippen LogP contribution is 2.15. The van der Waals surface area contributed by atoms with Gasteiger partial charge in [-0.1, -0.05) is 12.1 Å². The molecule has 6 nitrogen and oxygen atoms in total. The highest BCUT2D eigenvalue weighted by atomic mass is 16.4. The molecular weight excluding hydrogens is 294 g/mol. The quantitative estimate of drug-likeness (QED) is 0.857. The van der Waals surface area contributed by atoms with E-state index in [1.165, 1.54) is 6.20 Å². The number of aliphatic carboxylic acids is 1. The Labute approximate surface area is 135 Å². The van der Waals surface area contributed by atoms with Crippen LogP contribution in [-0.4, -0.2) is 32.8 Å². The van der Waals surface area contributed by atoms with Gasteiger partial charge < -0.3 is 10.4 Å². The first-order chi connectivity index (χ1) is 10.9. The van der Waals surface area contributed by atoms with Crippen molar-refractivity contribution in [3.63, 3.8) is 0 Å². The Kier molecular flexibility index (Phi) is 5.16. The molecule has 2 rings (SSSR count). The molecule has 0 fully saturated rings. The number of amides is 1. The Morgan fingerprint density at radius 2 is 2.09 bits per heavy atom. The molecule has 1 aromatic heterocycles. The van der Waals surface area contributed by atoms with Crippen LogP contribution in [0.5, 0.6) is 0 Å². The minimum Gasteiger partial charge on any atom is -0.481 e. The van der Waals surface area contributed by atoms with E-state index in [0.29, 0.717) is 12.0 Å². The van der Waals surface area contributed by atoms with E-state index >= 15 is 0 Å². The molecule has 23 heavy (non-hydrogen) atoms. The SMILES string of the molecule is Cc1cccc(-n2ncc(C(=O)NC(C)CCC(=O)O)c2C)c1. The van der Waals surface area contributed by atoms with Gasteiger partial charge in [-0.3, -0.25) is 9.59 Å².